The van der Waals surface area contributed by atoms with Crippen LogP contribution in [-0.4, -0.2) is 73.0 Å². The fraction of sp³-hybridized carbons (Fsp3) is 0.857. The van der Waals surface area contributed by atoms with Crippen molar-refractivity contribution in [3.63, 3.8) is 0 Å². The first-order valence-electron chi connectivity index (χ1n) is 7.27. The van der Waals surface area contributed by atoms with E-state index < -0.39 is 11.6 Å². The van der Waals surface area contributed by atoms with Crippen molar-refractivity contribution in [3.8, 4) is 0 Å². The maximum absolute atomic E-state index is 11.7. The van der Waals surface area contributed by atoms with Gasteiger partial charge in [-0.05, 0) is 27.2 Å². The predicted octanol–water partition coefficient (Wildman–Crippen LogP) is 0.0932. The smallest absolute Gasteiger partial charge is 0.329 e. The van der Waals surface area contributed by atoms with Crippen LogP contribution < -0.4 is 5.32 Å². The predicted molar refractivity (Wildman–Crippen MR) is 77.1 cm³/mol. The average molecular weight is 302 g/mol. The van der Waals surface area contributed by atoms with Gasteiger partial charge >= 0.3 is 5.97 Å². The van der Waals surface area contributed by atoms with Gasteiger partial charge in [0.2, 0.25) is 5.91 Å². The molecule has 0 bridgehead atoms. The Morgan fingerprint density at radius 3 is 2.62 bits per heavy atom. The van der Waals surface area contributed by atoms with E-state index in [0.29, 0.717) is 32.8 Å². The second-order valence-electron chi connectivity index (χ2n) is 5.90. The number of likely N-dealkylation sites (tertiary alicyclic amines) is 1. The van der Waals surface area contributed by atoms with Gasteiger partial charge in [0.1, 0.15) is 6.61 Å². The Labute approximate surface area is 125 Å². The molecule has 1 rings (SSSR count). The second kappa shape index (κ2) is 8.31. The Bertz CT molecular complexity index is 353. The van der Waals surface area contributed by atoms with Crippen molar-refractivity contribution in [1.82, 2.24) is 10.2 Å². The SMILES string of the molecule is CC(C)OCCCNC(=O)CN1CC(C)(OCC(=O)O)C1. The third-order valence-corrected chi connectivity index (χ3v) is 3.12. The van der Waals surface area contributed by atoms with Crippen LogP contribution in [0.4, 0.5) is 0 Å². The van der Waals surface area contributed by atoms with E-state index >= 15 is 0 Å². The first-order valence-corrected chi connectivity index (χ1v) is 7.27. The number of carboxylic acid groups (broad SMARTS) is 1. The van der Waals surface area contributed by atoms with Crippen LogP contribution in [0.1, 0.15) is 27.2 Å². The van der Waals surface area contributed by atoms with E-state index in [2.05, 4.69) is 5.32 Å². The lowest BCUT2D eigenvalue weighted by Gasteiger charge is -2.46. The molecule has 1 heterocycles. The zero-order chi connectivity index (χ0) is 15.9. The number of rotatable bonds is 10. The number of nitrogens with one attached hydrogen (secondary N) is 1. The lowest BCUT2D eigenvalue weighted by Crippen LogP contribution is -2.63. The van der Waals surface area contributed by atoms with Crippen LogP contribution in [0.25, 0.3) is 0 Å². The van der Waals surface area contributed by atoms with Crippen LogP contribution >= 0.6 is 0 Å². The van der Waals surface area contributed by atoms with E-state index in [4.69, 9.17) is 14.6 Å². The number of carboxylic acids is 1. The molecule has 0 saturated carbocycles. The standard InChI is InChI=1S/C14H26N2O5/c1-11(2)20-6-4-5-15-12(17)7-16-9-14(3,10-16)21-8-13(18)19/h11H,4-10H2,1-3H3,(H,15,17)(H,18,19). The third-order valence-electron chi connectivity index (χ3n) is 3.12. The zero-order valence-corrected chi connectivity index (χ0v) is 13.1. The second-order valence-corrected chi connectivity index (χ2v) is 5.90. The van der Waals surface area contributed by atoms with Crippen LogP contribution in [0, 0.1) is 0 Å². The summed E-state index contributed by atoms with van der Waals surface area (Å²) in [5.74, 6) is -1.00. The fourth-order valence-electron chi connectivity index (χ4n) is 2.22. The molecule has 0 aromatic rings. The minimum absolute atomic E-state index is 0.0279. The Morgan fingerprint density at radius 2 is 2.05 bits per heavy atom. The highest BCUT2D eigenvalue weighted by atomic mass is 16.5. The molecule has 21 heavy (non-hydrogen) atoms. The molecule has 1 fully saturated rings. The molecule has 0 aromatic carbocycles. The molecular weight excluding hydrogens is 276 g/mol. The summed E-state index contributed by atoms with van der Waals surface area (Å²) in [7, 11) is 0. The highest BCUT2D eigenvalue weighted by molar-refractivity contribution is 5.78. The third kappa shape index (κ3) is 7.40. The highest BCUT2D eigenvalue weighted by Gasteiger charge is 2.40. The monoisotopic (exact) mass is 302 g/mol. The van der Waals surface area contributed by atoms with Gasteiger partial charge in [-0.1, -0.05) is 0 Å². The highest BCUT2D eigenvalue weighted by Crippen LogP contribution is 2.23. The van der Waals surface area contributed by atoms with Crippen molar-refractivity contribution in [2.45, 2.75) is 38.9 Å². The van der Waals surface area contributed by atoms with Crippen LogP contribution in [0.5, 0.6) is 0 Å². The Balaban J connectivity index is 2.05. The molecule has 0 spiro atoms. The van der Waals surface area contributed by atoms with Crippen LogP contribution in [0.3, 0.4) is 0 Å². The van der Waals surface area contributed by atoms with Crippen molar-refractivity contribution < 1.29 is 24.2 Å². The summed E-state index contributed by atoms with van der Waals surface area (Å²) in [6.07, 6.45) is 1.01. The summed E-state index contributed by atoms with van der Waals surface area (Å²) >= 11 is 0. The molecule has 1 saturated heterocycles. The molecule has 1 aliphatic rings. The molecule has 2 N–H and O–H groups in total. The Kier molecular flexibility index (Phi) is 7.07. The van der Waals surface area contributed by atoms with Crippen molar-refractivity contribution in [3.05, 3.63) is 0 Å². The quantitative estimate of drug-likeness (QED) is 0.556. The molecule has 0 atom stereocenters. The van der Waals surface area contributed by atoms with Gasteiger partial charge in [-0.15, -0.1) is 0 Å². The van der Waals surface area contributed by atoms with Gasteiger partial charge in [0.25, 0.3) is 0 Å². The van der Waals surface area contributed by atoms with Gasteiger partial charge in [-0.25, -0.2) is 4.79 Å². The zero-order valence-electron chi connectivity index (χ0n) is 13.1. The maximum atomic E-state index is 11.7. The van der Waals surface area contributed by atoms with Gasteiger partial charge in [0, 0.05) is 26.2 Å². The van der Waals surface area contributed by atoms with E-state index in [1.165, 1.54) is 0 Å². The fourth-order valence-corrected chi connectivity index (χ4v) is 2.22. The molecule has 1 amide bonds. The van der Waals surface area contributed by atoms with Crippen molar-refractivity contribution >= 4 is 11.9 Å². The minimum Gasteiger partial charge on any atom is -0.480 e. The topological polar surface area (TPSA) is 88.1 Å². The van der Waals surface area contributed by atoms with E-state index in [0.717, 1.165) is 6.42 Å². The number of hydrogen-bond donors (Lipinski definition) is 2. The van der Waals surface area contributed by atoms with Crippen molar-refractivity contribution in [2.75, 3.05) is 39.4 Å². The van der Waals surface area contributed by atoms with Gasteiger partial charge in [-0.3, -0.25) is 9.69 Å². The molecule has 0 aliphatic carbocycles. The van der Waals surface area contributed by atoms with Gasteiger partial charge in [0.05, 0.1) is 18.2 Å². The molecule has 1 aliphatic heterocycles. The molecule has 7 nitrogen and oxygen atoms in total. The number of hydrogen-bond acceptors (Lipinski definition) is 5. The number of nitrogens with zero attached hydrogens (tertiary/aromatic N) is 1. The number of aliphatic carboxylic acids is 1. The van der Waals surface area contributed by atoms with Crippen LogP contribution in [-0.2, 0) is 19.1 Å². The lowest BCUT2D eigenvalue weighted by atomic mass is 9.96. The molecule has 0 unspecified atom stereocenters. The van der Waals surface area contributed by atoms with E-state index in [-0.39, 0.29) is 18.6 Å². The van der Waals surface area contributed by atoms with Gasteiger partial charge < -0.3 is 19.9 Å². The lowest BCUT2D eigenvalue weighted by molar-refractivity contribution is -0.166. The van der Waals surface area contributed by atoms with E-state index in [1.807, 2.05) is 25.7 Å². The largest absolute Gasteiger partial charge is 0.480 e. The molecule has 0 radical (unpaired) electrons. The summed E-state index contributed by atoms with van der Waals surface area (Å²) in [5.41, 5.74) is -0.455. The molecule has 0 aromatic heterocycles. The van der Waals surface area contributed by atoms with Gasteiger partial charge in [-0.2, -0.15) is 0 Å². The first-order chi connectivity index (χ1) is 9.81. The Hall–Kier alpha value is -1.18. The normalized spacial score (nSPS) is 17.5. The Morgan fingerprint density at radius 1 is 1.38 bits per heavy atom. The number of carbonyl (C=O) groups excluding carboxylic acids is 1. The van der Waals surface area contributed by atoms with Crippen LogP contribution in [0.15, 0.2) is 0 Å². The average Bonchev–Trinajstić information content (AvgIpc) is 2.33. The summed E-state index contributed by atoms with van der Waals surface area (Å²) in [4.78, 5) is 24.1. The maximum Gasteiger partial charge on any atom is 0.329 e. The summed E-state index contributed by atoms with van der Waals surface area (Å²) in [5, 5.41) is 11.4. The molecular formula is C14H26N2O5. The van der Waals surface area contributed by atoms with Crippen molar-refractivity contribution in [2.24, 2.45) is 0 Å². The minimum atomic E-state index is -0.976. The van der Waals surface area contributed by atoms with E-state index in [1.54, 1.807) is 0 Å². The van der Waals surface area contributed by atoms with Crippen LogP contribution in [0.2, 0.25) is 0 Å². The summed E-state index contributed by atoms with van der Waals surface area (Å²) in [6.45, 7) is 8.22. The van der Waals surface area contributed by atoms with E-state index in [9.17, 15) is 9.59 Å². The van der Waals surface area contributed by atoms with Crippen molar-refractivity contribution in [1.29, 1.82) is 0 Å². The molecule has 7 heteroatoms. The van der Waals surface area contributed by atoms with Gasteiger partial charge in [0.15, 0.2) is 0 Å². The number of ether oxygens (including phenoxy) is 2. The number of carbonyl (C=O) groups is 2. The number of amides is 1. The summed E-state index contributed by atoms with van der Waals surface area (Å²) < 4.78 is 10.7. The first kappa shape index (κ1) is 17.9. The molecule has 122 valence electrons. The summed E-state index contributed by atoms with van der Waals surface area (Å²) in [6, 6.07) is 0.